The Balaban J connectivity index is 2.02. The van der Waals surface area contributed by atoms with Crippen molar-refractivity contribution >= 4 is 23.1 Å². The predicted molar refractivity (Wildman–Crippen MR) is 138 cm³/mol. The van der Waals surface area contributed by atoms with Gasteiger partial charge in [-0.15, -0.1) is 0 Å². The number of Topliss-reactive ketones (excluding diaryl/α,β-unsaturated/α-hetero) is 1. The lowest BCUT2D eigenvalue weighted by molar-refractivity contribution is -0.132. The summed E-state index contributed by atoms with van der Waals surface area (Å²) < 4.78 is 16.7. The van der Waals surface area contributed by atoms with Crippen LogP contribution in [0.25, 0.3) is 5.76 Å². The molecular formula is C29H29NO6. The highest BCUT2D eigenvalue weighted by Crippen LogP contribution is 2.46. The molecule has 1 unspecified atom stereocenters. The number of hydrogen-bond donors (Lipinski definition) is 1. The lowest BCUT2D eigenvalue weighted by Gasteiger charge is -2.27. The highest BCUT2D eigenvalue weighted by atomic mass is 16.5. The number of benzene rings is 3. The summed E-state index contributed by atoms with van der Waals surface area (Å²) in [5.74, 6) is -0.358. The second kappa shape index (κ2) is 10.2. The molecule has 3 aromatic carbocycles. The van der Waals surface area contributed by atoms with Crippen molar-refractivity contribution in [3.8, 4) is 17.2 Å². The molecule has 1 amide bonds. The van der Waals surface area contributed by atoms with Gasteiger partial charge in [0.1, 0.15) is 11.5 Å². The molecule has 7 heteroatoms. The van der Waals surface area contributed by atoms with Crippen LogP contribution in [0.15, 0.2) is 66.2 Å². The Morgan fingerprint density at radius 1 is 0.917 bits per heavy atom. The van der Waals surface area contributed by atoms with Crippen LogP contribution in [-0.4, -0.2) is 37.6 Å². The quantitative estimate of drug-likeness (QED) is 0.275. The van der Waals surface area contributed by atoms with Crippen LogP contribution in [0.1, 0.15) is 35.2 Å². The molecule has 1 aliphatic heterocycles. The van der Waals surface area contributed by atoms with Gasteiger partial charge in [0.15, 0.2) is 11.5 Å². The van der Waals surface area contributed by atoms with Gasteiger partial charge in [0.2, 0.25) is 0 Å². The Hall–Kier alpha value is -4.26. The van der Waals surface area contributed by atoms with Gasteiger partial charge in [-0.25, -0.2) is 0 Å². The third kappa shape index (κ3) is 4.28. The van der Waals surface area contributed by atoms with Gasteiger partial charge in [-0.2, -0.15) is 0 Å². The number of carbonyl (C=O) groups is 2. The SMILES string of the molecule is CCOc1cc(C2/C(=C(\O)c3cc(C)ccc3C)C(=O)C(=O)N2c2ccccc2OC)ccc1OC. The van der Waals surface area contributed by atoms with E-state index in [4.69, 9.17) is 14.2 Å². The second-order valence-electron chi connectivity index (χ2n) is 8.50. The van der Waals surface area contributed by atoms with E-state index in [1.807, 2.05) is 32.9 Å². The van der Waals surface area contributed by atoms with Crippen molar-refractivity contribution in [1.29, 1.82) is 0 Å². The standard InChI is InChI=1S/C29H29NO6/c1-6-36-24-16-19(13-14-23(24)35-5)26-25(27(31)20-15-17(2)11-12-18(20)3)28(32)29(33)30(26)21-9-7-8-10-22(21)34-4/h7-16,26,31H,6H2,1-5H3/b27-25+. The molecule has 0 aromatic heterocycles. The molecule has 0 radical (unpaired) electrons. The van der Waals surface area contributed by atoms with Gasteiger partial charge in [0, 0.05) is 5.56 Å². The van der Waals surface area contributed by atoms with Crippen molar-refractivity contribution in [2.75, 3.05) is 25.7 Å². The number of para-hydroxylation sites is 2. The predicted octanol–water partition coefficient (Wildman–Crippen LogP) is 5.35. The van der Waals surface area contributed by atoms with E-state index in [9.17, 15) is 14.7 Å². The van der Waals surface area contributed by atoms with Crippen LogP contribution in [0.3, 0.4) is 0 Å². The summed E-state index contributed by atoms with van der Waals surface area (Å²) in [5, 5.41) is 11.5. The minimum Gasteiger partial charge on any atom is -0.507 e. The second-order valence-corrected chi connectivity index (χ2v) is 8.50. The topological polar surface area (TPSA) is 85.3 Å². The normalized spacial score (nSPS) is 16.8. The minimum atomic E-state index is -0.925. The van der Waals surface area contributed by atoms with E-state index >= 15 is 0 Å². The molecule has 0 aliphatic carbocycles. The Morgan fingerprint density at radius 3 is 2.33 bits per heavy atom. The number of rotatable bonds is 7. The van der Waals surface area contributed by atoms with Crippen molar-refractivity contribution in [3.05, 3.63) is 88.5 Å². The molecule has 1 atom stereocenters. The molecule has 0 saturated carbocycles. The van der Waals surface area contributed by atoms with Gasteiger partial charge in [0.05, 0.1) is 38.1 Å². The number of ketones is 1. The van der Waals surface area contributed by atoms with Crippen LogP contribution in [0, 0.1) is 13.8 Å². The Bertz CT molecular complexity index is 1360. The van der Waals surface area contributed by atoms with Crippen LogP contribution in [0.2, 0.25) is 0 Å². The zero-order valence-electron chi connectivity index (χ0n) is 21.0. The molecule has 1 N–H and O–H groups in total. The summed E-state index contributed by atoms with van der Waals surface area (Å²) in [5.41, 5.74) is 3.19. The molecule has 0 spiro atoms. The van der Waals surface area contributed by atoms with E-state index in [0.29, 0.717) is 40.7 Å². The van der Waals surface area contributed by atoms with Crippen molar-refractivity contribution in [2.45, 2.75) is 26.8 Å². The van der Waals surface area contributed by atoms with E-state index in [0.717, 1.165) is 11.1 Å². The van der Waals surface area contributed by atoms with E-state index in [2.05, 4.69) is 0 Å². The van der Waals surface area contributed by atoms with Crippen LogP contribution >= 0.6 is 0 Å². The van der Waals surface area contributed by atoms with E-state index in [1.54, 1.807) is 55.6 Å². The van der Waals surface area contributed by atoms with E-state index < -0.39 is 17.7 Å². The average molecular weight is 488 g/mol. The summed E-state index contributed by atoms with van der Waals surface area (Å²) in [6.07, 6.45) is 0. The number of amides is 1. The summed E-state index contributed by atoms with van der Waals surface area (Å²) in [6, 6.07) is 16.9. The first-order valence-electron chi connectivity index (χ1n) is 11.6. The van der Waals surface area contributed by atoms with Crippen molar-refractivity contribution in [3.63, 3.8) is 0 Å². The molecule has 36 heavy (non-hydrogen) atoms. The van der Waals surface area contributed by atoms with Gasteiger partial charge >= 0.3 is 0 Å². The molecule has 4 rings (SSSR count). The third-order valence-electron chi connectivity index (χ3n) is 6.24. The van der Waals surface area contributed by atoms with Gasteiger partial charge in [-0.1, -0.05) is 35.9 Å². The smallest absolute Gasteiger partial charge is 0.300 e. The zero-order chi connectivity index (χ0) is 26.0. The number of aliphatic hydroxyl groups is 1. The first kappa shape index (κ1) is 24.9. The van der Waals surface area contributed by atoms with Crippen molar-refractivity contribution < 1.29 is 28.9 Å². The molecule has 186 valence electrons. The number of anilines is 1. The summed E-state index contributed by atoms with van der Waals surface area (Å²) in [6.45, 7) is 6.00. The summed E-state index contributed by atoms with van der Waals surface area (Å²) in [4.78, 5) is 28.4. The van der Waals surface area contributed by atoms with Crippen LogP contribution in [-0.2, 0) is 9.59 Å². The monoisotopic (exact) mass is 487 g/mol. The van der Waals surface area contributed by atoms with Gasteiger partial charge in [0.25, 0.3) is 11.7 Å². The molecule has 1 fully saturated rings. The summed E-state index contributed by atoms with van der Waals surface area (Å²) >= 11 is 0. The maximum atomic E-state index is 13.5. The van der Waals surface area contributed by atoms with Crippen LogP contribution < -0.4 is 19.1 Å². The molecule has 7 nitrogen and oxygen atoms in total. The first-order chi connectivity index (χ1) is 17.3. The molecule has 1 aliphatic rings. The highest BCUT2D eigenvalue weighted by molar-refractivity contribution is 6.52. The average Bonchev–Trinajstić information content (AvgIpc) is 3.15. The lowest BCUT2D eigenvalue weighted by atomic mass is 9.93. The Morgan fingerprint density at radius 2 is 1.64 bits per heavy atom. The number of hydrogen-bond acceptors (Lipinski definition) is 6. The molecule has 3 aromatic rings. The van der Waals surface area contributed by atoms with E-state index in [1.165, 1.54) is 12.0 Å². The number of aryl methyl sites for hydroxylation is 2. The maximum Gasteiger partial charge on any atom is 0.300 e. The Labute approximate surface area is 210 Å². The number of carbonyl (C=O) groups excluding carboxylic acids is 2. The van der Waals surface area contributed by atoms with Crippen LogP contribution in [0.5, 0.6) is 17.2 Å². The molecular weight excluding hydrogens is 458 g/mol. The number of aliphatic hydroxyl groups excluding tert-OH is 1. The fourth-order valence-electron chi connectivity index (χ4n) is 4.49. The molecule has 1 heterocycles. The third-order valence-corrected chi connectivity index (χ3v) is 6.24. The number of ether oxygens (including phenoxy) is 3. The highest BCUT2D eigenvalue weighted by Gasteiger charge is 2.48. The van der Waals surface area contributed by atoms with E-state index in [-0.39, 0.29) is 11.3 Å². The van der Waals surface area contributed by atoms with Crippen molar-refractivity contribution in [2.24, 2.45) is 0 Å². The van der Waals surface area contributed by atoms with Gasteiger partial charge < -0.3 is 19.3 Å². The Kier molecular flexibility index (Phi) is 7.01. The largest absolute Gasteiger partial charge is 0.507 e. The number of nitrogens with zero attached hydrogens (tertiary/aromatic N) is 1. The minimum absolute atomic E-state index is 0.00720. The zero-order valence-corrected chi connectivity index (χ0v) is 21.0. The summed E-state index contributed by atoms with van der Waals surface area (Å²) in [7, 11) is 3.04. The molecule has 1 saturated heterocycles. The number of methoxy groups -OCH3 is 2. The fraction of sp³-hybridized carbons (Fsp3) is 0.241. The van der Waals surface area contributed by atoms with Crippen molar-refractivity contribution in [1.82, 2.24) is 0 Å². The van der Waals surface area contributed by atoms with Crippen LogP contribution in [0.4, 0.5) is 5.69 Å². The maximum absolute atomic E-state index is 13.5. The first-order valence-corrected chi connectivity index (χ1v) is 11.6. The fourth-order valence-corrected chi connectivity index (χ4v) is 4.49. The molecule has 0 bridgehead atoms. The lowest BCUT2D eigenvalue weighted by Crippen LogP contribution is -2.29. The van der Waals surface area contributed by atoms with Gasteiger partial charge in [-0.3, -0.25) is 14.5 Å². The van der Waals surface area contributed by atoms with Gasteiger partial charge in [-0.05, 0) is 62.2 Å².